The van der Waals surface area contributed by atoms with E-state index in [0.717, 1.165) is 30.8 Å². The number of carbonyl (C=O) groups is 1. The molecule has 7 nitrogen and oxygen atoms in total. The Bertz CT molecular complexity index is 812. The van der Waals surface area contributed by atoms with Crippen LogP contribution in [-0.4, -0.2) is 45.7 Å². The highest BCUT2D eigenvalue weighted by Crippen LogP contribution is 2.27. The highest BCUT2D eigenvalue weighted by molar-refractivity contribution is 7.99. The van der Waals surface area contributed by atoms with Crippen molar-refractivity contribution < 1.29 is 9.53 Å². The lowest BCUT2D eigenvalue weighted by Gasteiger charge is -2.14. The van der Waals surface area contributed by atoms with Gasteiger partial charge in [0.15, 0.2) is 11.0 Å². The maximum atomic E-state index is 11.9. The molecule has 3 rings (SSSR count). The monoisotopic (exact) mass is 405 g/mol. The second kappa shape index (κ2) is 9.74. The van der Waals surface area contributed by atoms with E-state index in [1.54, 1.807) is 0 Å². The predicted molar refractivity (Wildman–Crippen MR) is 103 cm³/mol. The molecule has 0 saturated carbocycles. The van der Waals surface area contributed by atoms with Crippen LogP contribution in [-0.2, 0) is 16.1 Å². The number of benzene rings is 1. The van der Waals surface area contributed by atoms with Crippen molar-refractivity contribution in [2.24, 2.45) is 0 Å². The normalized spacial score (nSPS) is 16.2. The number of rotatable bonds is 8. The highest BCUT2D eigenvalue weighted by atomic mass is 35.5. The standard InChI is InChI=1S/C18H20ClN5O2S/c19-14-6-4-13(5-7-14)17-22-23-18(24(17)11-15-3-1-10-26-15)27-12-16(25)21-9-2-8-20/h4-7,15H,1-3,9-12H2,(H,21,25)/t15-/m0/s1. The molecule has 0 unspecified atom stereocenters. The Morgan fingerprint density at radius 2 is 2.22 bits per heavy atom. The lowest BCUT2D eigenvalue weighted by Crippen LogP contribution is -2.26. The molecule has 0 bridgehead atoms. The van der Waals surface area contributed by atoms with Gasteiger partial charge in [0, 0.05) is 23.7 Å². The van der Waals surface area contributed by atoms with Gasteiger partial charge in [-0.25, -0.2) is 0 Å². The van der Waals surface area contributed by atoms with Crippen molar-refractivity contribution in [2.75, 3.05) is 18.9 Å². The van der Waals surface area contributed by atoms with Crippen LogP contribution in [0.4, 0.5) is 0 Å². The van der Waals surface area contributed by atoms with Gasteiger partial charge in [-0.2, -0.15) is 5.26 Å². The summed E-state index contributed by atoms with van der Waals surface area (Å²) in [7, 11) is 0. The van der Waals surface area contributed by atoms with Crippen LogP contribution in [0.5, 0.6) is 0 Å². The van der Waals surface area contributed by atoms with Gasteiger partial charge in [-0.15, -0.1) is 10.2 Å². The maximum absolute atomic E-state index is 11.9. The molecule has 1 aliphatic rings. The number of nitrogens with zero attached hydrogens (tertiary/aromatic N) is 4. The van der Waals surface area contributed by atoms with E-state index < -0.39 is 0 Å². The number of ether oxygens (including phenoxy) is 1. The van der Waals surface area contributed by atoms with Crippen molar-refractivity contribution in [1.29, 1.82) is 5.26 Å². The molecule has 2 aromatic rings. The molecule has 1 atom stereocenters. The summed E-state index contributed by atoms with van der Waals surface area (Å²) in [5.41, 5.74) is 0.912. The van der Waals surface area contributed by atoms with Crippen LogP contribution in [0.1, 0.15) is 19.3 Å². The third kappa shape index (κ3) is 5.45. The first-order valence-electron chi connectivity index (χ1n) is 8.74. The fourth-order valence-electron chi connectivity index (χ4n) is 2.80. The van der Waals surface area contributed by atoms with Crippen molar-refractivity contribution in [2.45, 2.75) is 37.1 Å². The van der Waals surface area contributed by atoms with Gasteiger partial charge in [0.25, 0.3) is 0 Å². The average Bonchev–Trinajstić information content (AvgIpc) is 3.32. The molecule has 2 heterocycles. The Morgan fingerprint density at radius 1 is 1.41 bits per heavy atom. The zero-order chi connectivity index (χ0) is 19.1. The first-order chi connectivity index (χ1) is 13.2. The first kappa shape index (κ1) is 19.7. The number of halogens is 1. The predicted octanol–water partition coefficient (Wildman–Crippen LogP) is 2.90. The molecule has 1 saturated heterocycles. The van der Waals surface area contributed by atoms with Gasteiger partial charge in [0.2, 0.25) is 5.91 Å². The topological polar surface area (TPSA) is 92.8 Å². The molecular weight excluding hydrogens is 386 g/mol. The van der Waals surface area contributed by atoms with Gasteiger partial charge >= 0.3 is 0 Å². The minimum atomic E-state index is -0.130. The van der Waals surface area contributed by atoms with Crippen LogP contribution in [0.15, 0.2) is 29.4 Å². The number of hydrogen-bond donors (Lipinski definition) is 1. The molecule has 9 heteroatoms. The maximum Gasteiger partial charge on any atom is 0.230 e. The van der Waals surface area contributed by atoms with Crippen molar-refractivity contribution in [3.05, 3.63) is 29.3 Å². The van der Waals surface area contributed by atoms with E-state index in [1.807, 2.05) is 34.9 Å². The Kier molecular flexibility index (Phi) is 7.10. The summed E-state index contributed by atoms with van der Waals surface area (Å²) in [5.74, 6) is 0.819. The summed E-state index contributed by atoms with van der Waals surface area (Å²) in [5, 5.41) is 21.2. The molecule has 142 valence electrons. The first-order valence-corrected chi connectivity index (χ1v) is 10.1. The van der Waals surface area contributed by atoms with Crippen LogP contribution in [0, 0.1) is 11.3 Å². The zero-order valence-electron chi connectivity index (χ0n) is 14.7. The molecule has 1 amide bonds. The minimum absolute atomic E-state index is 0.121. The zero-order valence-corrected chi connectivity index (χ0v) is 16.3. The summed E-state index contributed by atoms with van der Waals surface area (Å²) < 4.78 is 7.77. The van der Waals surface area contributed by atoms with Gasteiger partial charge in [-0.3, -0.25) is 9.36 Å². The highest BCUT2D eigenvalue weighted by Gasteiger charge is 2.22. The number of hydrogen-bond acceptors (Lipinski definition) is 6. The Labute approximate surface area is 167 Å². The summed E-state index contributed by atoms with van der Waals surface area (Å²) in [4.78, 5) is 11.9. The van der Waals surface area contributed by atoms with Gasteiger partial charge in [0.1, 0.15) is 0 Å². The second-order valence-electron chi connectivity index (χ2n) is 6.11. The van der Waals surface area contributed by atoms with E-state index in [0.29, 0.717) is 29.7 Å². The number of carbonyl (C=O) groups excluding carboxylic acids is 1. The van der Waals surface area contributed by atoms with Crippen molar-refractivity contribution in [1.82, 2.24) is 20.1 Å². The molecule has 0 spiro atoms. The second-order valence-corrected chi connectivity index (χ2v) is 7.48. The van der Waals surface area contributed by atoms with E-state index in [4.69, 9.17) is 21.6 Å². The smallest absolute Gasteiger partial charge is 0.230 e. The average molecular weight is 406 g/mol. The van der Waals surface area contributed by atoms with E-state index in [9.17, 15) is 4.79 Å². The van der Waals surface area contributed by atoms with E-state index >= 15 is 0 Å². The van der Waals surface area contributed by atoms with E-state index in [2.05, 4.69) is 15.5 Å². The van der Waals surface area contributed by atoms with Gasteiger partial charge in [0.05, 0.1) is 30.9 Å². The minimum Gasteiger partial charge on any atom is -0.376 e. The molecule has 1 aromatic carbocycles. The molecule has 27 heavy (non-hydrogen) atoms. The van der Waals surface area contributed by atoms with Gasteiger partial charge in [-0.05, 0) is 37.1 Å². The number of nitriles is 1. The third-order valence-electron chi connectivity index (χ3n) is 4.12. The Hall–Kier alpha value is -2.08. The molecule has 1 aliphatic heterocycles. The molecule has 1 fully saturated rings. The van der Waals surface area contributed by atoms with Crippen LogP contribution < -0.4 is 5.32 Å². The van der Waals surface area contributed by atoms with Crippen molar-refractivity contribution in [3.8, 4) is 17.5 Å². The van der Waals surface area contributed by atoms with E-state index in [-0.39, 0.29) is 17.8 Å². The number of thioether (sulfide) groups is 1. The number of aromatic nitrogens is 3. The van der Waals surface area contributed by atoms with Gasteiger partial charge < -0.3 is 10.1 Å². The Balaban J connectivity index is 1.75. The van der Waals surface area contributed by atoms with Crippen LogP contribution >= 0.6 is 23.4 Å². The lowest BCUT2D eigenvalue weighted by molar-refractivity contribution is -0.118. The molecule has 0 aliphatic carbocycles. The summed E-state index contributed by atoms with van der Waals surface area (Å²) >= 11 is 7.31. The molecular formula is C18H20ClN5O2S. The van der Waals surface area contributed by atoms with Crippen LogP contribution in [0.3, 0.4) is 0 Å². The summed E-state index contributed by atoms with van der Waals surface area (Å²) in [6.45, 7) is 1.77. The van der Waals surface area contributed by atoms with Crippen molar-refractivity contribution >= 4 is 29.3 Å². The van der Waals surface area contributed by atoms with Crippen LogP contribution in [0.2, 0.25) is 5.02 Å². The van der Waals surface area contributed by atoms with Crippen LogP contribution in [0.25, 0.3) is 11.4 Å². The number of nitrogens with one attached hydrogen (secondary N) is 1. The fraction of sp³-hybridized carbons (Fsp3) is 0.444. The van der Waals surface area contributed by atoms with Gasteiger partial charge in [-0.1, -0.05) is 23.4 Å². The summed E-state index contributed by atoms with van der Waals surface area (Å²) in [6.07, 6.45) is 2.46. The Morgan fingerprint density at radius 3 is 2.93 bits per heavy atom. The van der Waals surface area contributed by atoms with E-state index in [1.165, 1.54) is 11.8 Å². The largest absolute Gasteiger partial charge is 0.376 e. The quantitative estimate of drug-likeness (QED) is 0.536. The summed E-state index contributed by atoms with van der Waals surface area (Å²) in [6, 6.07) is 9.44. The lowest BCUT2D eigenvalue weighted by atomic mass is 10.2. The molecule has 0 radical (unpaired) electrons. The third-order valence-corrected chi connectivity index (χ3v) is 5.34. The number of amides is 1. The fourth-order valence-corrected chi connectivity index (χ4v) is 3.71. The molecule has 1 N–H and O–H groups in total. The van der Waals surface area contributed by atoms with Crippen molar-refractivity contribution in [3.63, 3.8) is 0 Å². The molecule has 1 aromatic heterocycles. The SMILES string of the molecule is N#CCCNC(=O)CSc1nnc(-c2ccc(Cl)cc2)n1C[C@@H]1CCCO1.